The van der Waals surface area contributed by atoms with E-state index in [0.717, 1.165) is 4.47 Å². The number of carbonyl (C=O) groups excluding carboxylic acids is 3. The fraction of sp³-hybridized carbons (Fsp3) is 0.261. The van der Waals surface area contributed by atoms with Gasteiger partial charge in [-0.1, -0.05) is 40.2 Å². The molecule has 0 bridgehead atoms. The lowest BCUT2D eigenvalue weighted by atomic mass is 9.95. The summed E-state index contributed by atoms with van der Waals surface area (Å²) in [4.78, 5) is 40.1. The highest BCUT2D eigenvalue weighted by Gasteiger charge is 2.45. The number of halogens is 1. The van der Waals surface area contributed by atoms with Crippen LogP contribution in [0, 0.1) is 0 Å². The van der Waals surface area contributed by atoms with Crippen molar-refractivity contribution >= 4 is 39.3 Å². The van der Waals surface area contributed by atoms with Gasteiger partial charge in [0.05, 0.1) is 11.6 Å². The molecule has 0 aromatic heterocycles. The molecule has 0 saturated carbocycles. The molecule has 1 aliphatic rings. The molecule has 0 spiro atoms. The Morgan fingerprint density at radius 1 is 1.12 bits per heavy atom. The Bertz CT molecular complexity index is 1050. The monoisotopic (exact) mass is 501 g/mol. The van der Waals surface area contributed by atoms with E-state index in [4.69, 9.17) is 10.5 Å². The third-order valence-electron chi connectivity index (χ3n) is 5.02. The van der Waals surface area contributed by atoms with Crippen LogP contribution in [0.25, 0.3) is 5.76 Å². The van der Waals surface area contributed by atoms with Gasteiger partial charge in [0, 0.05) is 23.1 Å². The van der Waals surface area contributed by atoms with E-state index in [1.807, 2.05) is 19.0 Å². The number of nitrogens with two attached hydrogens (primary N) is 1. The number of Topliss-reactive ketones (excluding diaryl/α,β-unsaturated/α-hetero) is 1. The van der Waals surface area contributed by atoms with E-state index in [2.05, 4.69) is 15.9 Å². The SMILES string of the molecule is CN(C)CCN1C(=O)C(=O)/C(=C(/O)c2ccc(Br)cc2)C1c1ccc(OCC(N)=O)cc1. The molecule has 3 rings (SSSR count). The zero-order valence-electron chi connectivity index (χ0n) is 17.7. The lowest BCUT2D eigenvalue weighted by Crippen LogP contribution is -2.35. The number of hydrogen-bond donors (Lipinski definition) is 2. The molecule has 2 amide bonds. The van der Waals surface area contributed by atoms with Gasteiger partial charge in [-0.25, -0.2) is 0 Å². The Balaban J connectivity index is 2.05. The Morgan fingerprint density at radius 3 is 2.31 bits per heavy atom. The molecule has 1 aliphatic heterocycles. The fourth-order valence-corrected chi connectivity index (χ4v) is 3.69. The van der Waals surface area contributed by atoms with Crippen LogP contribution in [0.4, 0.5) is 0 Å². The predicted octanol–water partition coefficient (Wildman–Crippen LogP) is 2.30. The smallest absolute Gasteiger partial charge is 0.295 e. The molecule has 1 unspecified atom stereocenters. The van der Waals surface area contributed by atoms with Crippen molar-refractivity contribution < 1.29 is 24.2 Å². The van der Waals surface area contributed by atoms with Gasteiger partial charge in [0.25, 0.3) is 17.6 Å². The maximum absolute atomic E-state index is 13.0. The van der Waals surface area contributed by atoms with Gasteiger partial charge in [0.2, 0.25) is 0 Å². The number of primary amides is 1. The van der Waals surface area contributed by atoms with E-state index in [-0.39, 0.29) is 17.9 Å². The molecule has 1 saturated heterocycles. The van der Waals surface area contributed by atoms with Gasteiger partial charge in [0.1, 0.15) is 11.5 Å². The van der Waals surface area contributed by atoms with Crippen LogP contribution in [0.3, 0.4) is 0 Å². The molecule has 2 aromatic carbocycles. The minimum absolute atomic E-state index is 0.0295. The van der Waals surface area contributed by atoms with E-state index in [1.54, 1.807) is 48.5 Å². The predicted molar refractivity (Wildman–Crippen MR) is 123 cm³/mol. The van der Waals surface area contributed by atoms with Gasteiger partial charge in [-0.3, -0.25) is 14.4 Å². The first kappa shape index (κ1) is 23.5. The molecule has 2 aromatic rings. The van der Waals surface area contributed by atoms with Crippen molar-refractivity contribution in [1.29, 1.82) is 0 Å². The molecule has 32 heavy (non-hydrogen) atoms. The molecule has 0 radical (unpaired) electrons. The first-order valence-corrected chi connectivity index (χ1v) is 10.7. The van der Waals surface area contributed by atoms with E-state index in [0.29, 0.717) is 30.0 Å². The summed E-state index contributed by atoms with van der Waals surface area (Å²) in [5, 5.41) is 11.0. The zero-order valence-corrected chi connectivity index (χ0v) is 19.3. The van der Waals surface area contributed by atoms with Crippen LogP contribution in [0.5, 0.6) is 5.75 Å². The summed E-state index contributed by atoms with van der Waals surface area (Å²) >= 11 is 3.35. The van der Waals surface area contributed by atoms with E-state index in [9.17, 15) is 19.5 Å². The molecular weight excluding hydrogens is 478 g/mol. The molecule has 8 nitrogen and oxygen atoms in total. The summed E-state index contributed by atoms with van der Waals surface area (Å²) < 4.78 is 6.12. The van der Waals surface area contributed by atoms with Gasteiger partial charge >= 0.3 is 0 Å². The summed E-state index contributed by atoms with van der Waals surface area (Å²) in [6.45, 7) is 0.588. The van der Waals surface area contributed by atoms with E-state index >= 15 is 0 Å². The molecule has 168 valence electrons. The lowest BCUT2D eigenvalue weighted by Gasteiger charge is -2.26. The van der Waals surface area contributed by atoms with E-state index in [1.165, 1.54) is 4.90 Å². The number of nitrogens with zero attached hydrogens (tertiary/aromatic N) is 2. The van der Waals surface area contributed by atoms with Crippen LogP contribution in [-0.4, -0.2) is 66.3 Å². The molecule has 1 heterocycles. The largest absolute Gasteiger partial charge is 0.507 e. The molecule has 1 atom stereocenters. The number of rotatable bonds is 8. The number of carbonyl (C=O) groups is 3. The number of aliphatic hydroxyl groups excluding tert-OH is 1. The van der Waals surface area contributed by atoms with Gasteiger partial charge < -0.3 is 25.4 Å². The standard InChI is InChI=1S/C23H24BrN3O5/c1-26(2)11-12-27-20(14-5-9-17(10-6-14)32-13-18(25)28)19(22(30)23(27)31)21(29)15-3-7-16(24)8-4-15/h3-10,20,29H,11-13H2,1-2H3,(H2,25,28)/b21-19+. The molecule has 9 heteroatoms. The number of likely N-dealkylation sites (tertiary alicyclic amines) is 1. The van der Waals surface area contributed by atoms with Crippen molar-refractivity contribution in [1.82, 2.24) is 9.80 Å². The minimum atomic E-state index is -0.760. The highest BCUT2D eigenvalue weighted by Crippen LogP contribution is 2.39. The third-order valence-corrected chi connectivity index (χ3v) is 5.55. The van der Waals surface area contributed by atoms with Crippen molar-refractivity contribution in [3.8, 4) is 5.75 Å². The third kappa shape index (κ3) is 5.17. The quantitative estimate of drug-likeness (QED) is 0.326. The highest BCUT2D eigenvalue weighted by atomic mass is 79.9. The lowest BCUT2D eigenvalue weighted by molar-refractivity contribution is -0.140. The van der Waals surface area contributed by atoms with Crippen LogP contribution in [-0.2, 0) is 14.4 Å². The molecule has 1 fully saturated rings. The number of amides is 2. The molecule has 0 aliphatic carbocycles. The Kier molecular flexibility index (Phi) is 7.32. The fourth-order valence-electron chi connectivity index (χ4n) is 3.43. The van der Waals surface area contributed by atoms with Crippen LogP contribution < -0.4 is 10.5 Å². The maximum Gasteiger partial charge on any atom is 0.295 e. The highest BCUT2D eigenvalue weighted by molar-refractivity contribution is 9.10. The summed E-state index contributed by atoms with van der Waals surface area (Å²) in [7, 11) is 3.75. The average Bonchev–Trinajstić information content (AvgIpc) is 3.01. The summed E-state index contributed by atoms with van der Waals surface area (Å²) in [6.07, 6.45) is 0. The second kappa shape index (κ2) is 9.97. The summed E-state index contributed by atoms with van der Waals surface area (Å²) in [5.74, 6) is -1.80. The minimum Gasteiger partial charge on any atom is -0.507 e. The number of ether oxygens (including phenoxy) is 1. The van der Waals surface area contributed by atoms with Gasteiger partial charge in [-0.05, 0) is 43.9 Å². The van der Waals surface area contributed by atoms with Crippen molar-refractivity contribution in [2.75, 3.05) is 33.8 Å². The first-order valence-electron chi connectivity index (χ1n) is 9.89. The Morgan fingerprint density at radius 2 is 1.75 bits per heavy atom. The average molecular weight is 502 g/mol. The summed E-state index contributed by atoms with van der Waals surface area (Å²) in [5.41, 5.74) is 6.20. The van der Waals surface area contributed by atoms with Crippen molar-refractivity contribution in [2.45, 2.75) is 6.04 Å². The molecule has 3 N–H and O–H groups in total. The van der Waals surface area contributed by atoms with Gasteiger partial charge in [0.15, 0.2) is 6.61 Å². The number of benzene rings is 2. The van der Waals surface area contributed by atoms with Crippen LogP contribution in [0.15, 0.2) is 58.6 Å². The van der Waals surface area contributed by atoms with Gasteiger partial charge in [-0.15, -0.1) is 0 Å². The normalized spacial score (nSPS) is 17.8. The van der Waals surface area contributed by atoms with Crippen LogP contribution in [0.1, 0.15) is 17.2 Å². The maximum atomic E-state index is 13.0. The van der Waals surface area contributed by atoms with Gasteiger partial charge in [-0.2, -0.15) is 0 Å². The summed E-state index contributed by atoms with van der Waals surface area (Å²) in [6, 6.07) is 12.7. The number of hydrogen-bond acceptors (Lipinski definition) is 6. The van der Waals surface area contributed by atoms with Crippen molar-refractivity contribution in [2.24, 2.45) is 5.73 Å². The first-order chi connectivity index (χ1) is 15.2. The topological polar surface area (TPSA) is 113 Å². The second-order valence-corrected chi connectivity index (χ2v) is 8.54. The van der Waals surface area contributed by atoms with Crippen LogP contribution >= 0.6 is 15.9 Å². The zero-order chi connectivity index (χ0) is 23.4. The second-order valence-electron chi connectivity index (χ2n) is 7.63. The number of aliphatic hydroxyl groups is 1. The Hall–Kier alpha value is -3.17. The van der Waals surface area contributed by atoms with Crippen molar-refractivity contribution in [3.63, 3.8) is 0 Å². The number of ketones is 1. The van der Waals surface area contributed by atoms with E-state index < -0.39 is 23.6 Å². The number of likely N-dealkylation sites (N-methyl/N-ethyl adjacent to an activating group) is 1. The molecular formula is C23H24BrN3O5. The van der Waals surface area contributed by atoms with Crippen LogP contribution in [0.2, 0.25) is 0 Å². The Labute approximate surface area is 194 Å². The van der Waals surface area contributed by atoms with Crippen molar-refractivity contribution in [3.05, 3.63) is 69.7 Å².